The Bertz CT molecular complexity index is 421. The second-order valence-electron chi connectivity index (χ2n) is 5.42. The van der Waals surface area contributed by atoms with Crippen molar-refractivity contribution in [3.05, 3.63) is 28.2 Å². The minimum atomic E-state index is 0.755. The maximum atomic E-state index is 5.08. The Balaban J connectivity index is 2.04. The third kappa shape index (κ3) is 4.76. The molecule has 0 radical (unpaired) electrons. The molecule has 0 unspecified atom stereocenters. The van der Waals surface area contributed by atoms with Crippen LogP contribution in [-0.4, -0.2) is 33.4 Å². The predicted molar refractivity (Wildman–Crippen MR) is 88.3 cm³/mol. The molecule has 0 aliphatic heterocycles. The summed E-state index contributed by atoms with van der Waals surface area (Å²) < 4.78 is 6.23. The molecule has 1 aromatic carbocycles. The van der Waals surface area contributed by atoms with Crippen molar-refractivity contribution < 1.29 is 4.74 Å². The molecule has 1 saturated carbocycles. The lowest BCUT2D eigenvalue weighted by Gasteiger charge is -2.26. The lowest BCUT2D eigenvalue weighted by atomic mass is 10.1. The number of hydrogen-bond acceptors (Lipinski definition) is 3. The van der Waals surface area contributed by atoms with Gasteiger partial charge in [0.15, 0.2) is 0 Å². The summed E-state index contributed by atoms with van der Waals surface area (Å²) in [5, 5.41) is 3.44. The first-order valence-corrected chi connectivity index (χ1v) is 8.27. The molecular weight excluding hydrogens is 316 g/mol. The molecule has 4 heteroatoms. The first-order valence-electron chi connectivity index (χ1n) is 7.47. The second kappa shape index (κ2) is 8.01. The molecule has 0 bridgehead atoms. The summed E-state index contributed by atoms with van der Waals surface area (Å²) >= 11 is 3.60. The normalized spacial score (nSPS) is 14.6. The fourth-order valence-electron chi connectivity index (χ4n) is 2.39. The van der Waals surface area contributed by atoms with E-state index in [-0.39, 0.29) is 0 Å². The first-order chi connectivity index (χ1) is 9.74. The van der Waals surface area contributed by atoms with Gasteiger partial charge in [0.1, 0.15) is 0 Å². The minimum absolute atomic E-state index is 0.755. The van der Waals surface area contributed by atoms with Gasteiger partial charge in [-0.15, -0.1) is 0 Å². The predicted octanol–water partition coefficient (Wildman–Crippen LogP) is 3.42. The van der Waals surface area contributed by atoms with Crippen molar-refractivity contribution in [2.45, 2.75) is 26.3 Å². The molecule has 0 spiro atoms. The van der Waals surface area contributed by atoms with Gasteiger partial charge in [0.2, 0.25) is 0 Å². The molecule has 1 N–H and O–H groups in total. The molecule has 112 valence electrons. The standard InChI is InChI=1S/C16H25BrN2O/c1-3-19(12-13-4-5-13)16-10-15(17)7-6-14(16)11-18-8-9-20-2/h6-7,10,13,18H,3-5,8-9,11-12H2,1-2H3. The molecule has 20 heavy (non-hydrogen) atoms. The van der Waals surface area contributed by atoms with Crippen LogP contribution >= 0.6 is 15.9 Å². The SMILES string of the molecule is CCN(CC1CC1)c1cc(Br)ccc1CNCCOC. The number of ether oxygens (including phenoxy) is 1. The van der Waals surface area contributed by atoms with Gasteiger partial charge in [-0.25, -0.2) is 0 Å². The summed E-state index contributed by atoms with van der Waals surface area (Å²) in [6.45, 7) is 7.04. The van der Waals surface area contributed by atoms with Gasteiger partial charge in [0.05, 0.1) is 6.61 Å². The second-order valence-corrected chi connectivity index (χ2v) is 6.34. The van der Waals surface area contributed by atoms with Crippen LogP contribution in [0.4, 0.5) is 5.69 Å². The highest BCUT2D eigenvalue weighted by Crippen LogP contribution is 2.33. The van der Waals surface area contributed by atoms with Gasteiger partial charge >= 0.3 is 0 Å². The molecule has 0 atom stereocenters. The quantitative estimate of drug-likeness (QED) is 0.697. The van der Waals surface area contributed by atoms with Crippen molar-refractivity contribution in [1.29, 1.82) is 0 Å². The van der Waals surface area contributed by atoms with Gasteiger partial charge in [-0.05, 0) is 43.4 Å². The summed E-state index contributed by atoms with van der Waals surface area (Å²) in [6.07, 6.45) is 2.79. The number of methoxy groups -OCH3 is 1. The smallest absolute Gasteiger partial charge is 0.0587 e. The molecule has 1 aliphatic rings. The number of nitrogens with zero attached hydrogens (tertiary/aromatic N) is 1. The van der Waals surface area contributed by atoms with Gasteiger partial charge in [-0.3, -0.25) is 0 Å². The Hall–Kier alpha value is -0.580. The molecule has 0 heterocycles. The summed E-state index contributed by atoms with van der Waals surface area (Å²) in [5.74, 6) is 0.906. The Kier molecular flexibility index (Phi) is 6.33. The summed E-state index contributed by atoms with van der Waals surface area (Å²) in [4.78, 5) is 2.51. The van der Waals surface area contributed by atoms with Gasteiger partial charge in [0, 0.05) is 43.4 Å². The van der Waals surface area contributed by atoms with Crippen LogP contribution < -0.4 is 10.2 Å². The fraction of sp³-hybridized carbons (Fsp3) is 0.625. The van der Waals surface area contributed by atoms with E-state index in [1.165, 1.54) is 30.6 Å². The average Bonchev–Trinajstić information content (AvgIpc) is 3.26. The molecular formula is C16H25BrN2O. The van der Waals surface area contributed by atoms with E-state index in [2.05, 4.69) is 51.3 Å². The van der Waals surface area contributed by atoms with Crippen molar-refractivity contribution in [3.8, 4) is 0 Å². The Labute approximate surface area is 130 Å². The first kappa shape index (κ1) is 15.8. The summed E-state index contributed by atoms with van der Waals surface area (Å²) in [5.41, 5.74) is 2.73. The molecule has 0 saturated heterocycles. The highest BCUT2D eigenvalue weighted by molar-refractivity contribution is 9.10. The van der Waals surface area contributed by atoms with Crippen molar-refractivity contribution >= 4 is 21.6 Å². The average molecular weight is 341 g/mol. The Morgan fingerprint density at radius 1 is 1.40 bits per heavy atom. The number of anilines is 1. The molecule has 1 aliphatic carbocycles. The zero-order chi connectivity index (χ0) is 14.4. The topological polar surface area (TPSA) is 24.5 Å². The highest BCUT2D eigenvalue weighted by Gasteiger charge is 2.24. The van der Waals surface area contributed by atoms with Crippen molar-refractivity contribution in [3.63, 3.8) is 0 Å². The van der Waals surface area contributed by atoms with E-state index >= 15 is 0 Å². The van der Waals surface area contributed by atoms with Crippen LogP contribution in [0.15, 0.2) is 22.7 Å². The van der Waals surface area contributed by atoms with Gasteiger partial charge in [-0.1, -0.05) is 22.0 Å². The van der Waals surface area contributed by atoms with E-state index in [0.717, 1.165) is 36.6 Å². The molecule has 3 nitrogen and oxygen atoms in total. The van der Waals surface area contributed by atoms with Crippen LogP contribution in [0.2, 0.25) is 0 Å². The monoisotopic (exact) mass is 340 g/mol. The number of nitrogens with one attached hydrogen (secondary N) is 1. The lowest BCUT2D eigenvalue weighted by molar-refractivity contribution is 0.199. The van der Waals surface area contributed by atoms with Crippen LogP contribution in [-0.2, 0) is 11.3 Å². The van der Waals surface area contributed by atoms with Crippen molar-refractivity contribution in [1.82, 2.24) is 5.32 Å². The fourth-order valence-corrected chi connectivity index (χ4v) is 2.74. The molecule has 1 aromatic rings. The van der Waals surface area contributed by atoms with E-state index in [1.807, 2.05) is 0 Å². The number of hydrogen-bond donors (Lipinski definition) is 1. The van der Waals surface area contributed by atoms with E-state index in [0.29, 0.717) is 0 Å². The zero-order valence-electron chi connectivity index (χ0n) is 12.5. The number of rotatable bonds is 9. The summed E-state index contributed by atoms with van der Waals surface area (Å²) in [6, 6.07) is 6.59. The van der Waals surface area contributed by atoms with Gasteiger partial charge in [-0.2, -0.15) is 0 Å². The Morgan fingerprint density at radius 3 is 2.85 bits per heavy atom. The van der Waals surface area contributed by atoms with Crippen molar-refractivity contribution in [2.24, 2.45) is 5.92 Å². The van der Waals surface area contributed by atoms with Gasteiger partial charge < -0.3 is 15.0 Å². The molecule has 2 rings (SSSR count). The van der Waals surface area contributed by atoms with E-state index in [1.54, 1.807) is 7.11 Å². The van der Waals surface area contributed by atoms with E-state index < -0.39 is 0 Å². The zero-order valence-corrected chi connectivity index (χ0v) is 14.1. The third-order valence-electron chi connectivity index (χ3n) is 3.74. The lowest BCUT2D eigenvalue weighted by Crippen LogP contribution is -2.27. The van der Waals surface area contributed by atoms with Crippen LogP contribution in [0.5, 0.6) is 0 Å². The van der Waals surface area contributed by atoms with Crippen LogP contribution in [0.25, 0.3) is 0 Å². The van der Waals surface area contributed by atoms with Crippen LogP contribution in [0.3, 0.4) is 0 Å². The summed E-state index contributed by atoms with van der Waals surface area (Å²) in [7, 11) is 1.74. The largest absolute Gasteiger partial charge is 0.383 e. The molecule has 0 aromatic heterocycles. The maximum absolute atomic E-state index is 5.08. The van der Waals surface area contributed by atoms with Gasteiger partial charge in [0.25, 0.3) is 0 Å². The third-order valence-corrected chi connectivity index (χ3v) is 4.24. The van der Waals surface area contributed by atoms with Crippen molar-refractivity contribution in [2.75, 3.05) is 38.3 Å². The Morgan fingerprint density at radius 2 is 2.20 bits per heavy atom. The maximum Gasteiger partial charge on any atom is 0.0587 e. The van der Waals surface area contributed by atoms with Crippen LogP contribution in [0.1, 0.15) is 25.3 Å². The number of benzene rings is 1. The molecule has 1 fully saturated rings. The molecule has 0 amide bonds. The number of halogens is 1. The highest BCUT2D eigenvalue weighted by atomic mass is 79.9. The van der Waals surface area contributed by atoms with E-state index in [4.69, 9.17) is 4.74 Å². The minimum Gasteiger partial charge on any atom is -0.383 e. The van der Waals surface area contributed by atoms with E-state index in [9.17, 15) is 0 Å². The van der Waals surface area contributed by atoms with Crippen LogP contribution in [0, 0.1) is 5.92 Å².